The van der Waals surface area contributed by atoms with Crippen LogP contribution >= 0.6 is 0 Å². The lowest BCUT2D eigenvalue weighted by Crippen LogP contribution is -2.38. The molecule has 1 aromatic carbocycles. The van der Waals surface area contributed by atoms with Gasteiger partial charge in [-0.1, -0.05) is 18.2 Å². The molecule has 8 nitrogen and oxygen atoms in total. The van der Waals surface area contributed by atoms with Crippen LogP contribution < -0.4 is 10.6 Å². The molecule has 0 radical (unpaired) electrons. The van der Waals surface area contributed by atoms with Crippen molar-refractivity contribution in [2.75, 3.05) is 13.6 Å². The Labute approximate surface area is 162 Å². The molecule has 4 rings (SSSR count). The monoisotopic (exact) mass is 378 g/mol. The van der Waals surface area contributed by atoms with E-state index >= 15 is 0 Å². The van der Waals surface area contributed by atoms with Crippen LogP contribution in [0.3, 0.4) is 0 Å². The number of guanidine groups is 1. The minimum atomic E-state index is 0.558. The fourth-order valence-electron chi connectivity index (χ4n) is 3.00. The Morgan fingerprint density at radius 1 is 1.18 bits per heavy atom. The summed E-state index contributed by atoms with van der Waals surface area (Å²) < 4.78 is 11.2. The number of aliphatic imine (C=N–C) groups is 1. The summed E-state index contributed by atoms with van der Waals surface area (Å²) in [4.78, 5) is 8.68. The van der Waals surface area contributed by atoms with Crippen molar-refractivity contribution in [3.05, 3.63) is 59.8 Å². The van der Waals surface area contributed by atoms with Crippen LogP contribution in [0.4, 0.5) is 0 Å². The number of hydrogen-bond donors (Lipinski definition) is 3. The van der Waals surface area contributed by atoms with Crippen LogP contribution in [0, 0.1) is 6.92 Å². The molecule has 4 aromatic rings. The van der Waals surface area contributed by atoms with Crippen LogP contribution in [0.1, 0.15) is 17.1 Å². The summed E-state index contributed by atoms with van der Waals surface area (Å²) in [6, 6.07) is 11.7. The molecule has 0 aliphatic rings. The summed E-state index contributed by atoms with van der Waals surface area (Å²) in [5.41, 5.74) is 2.04. The number of hydrogen-bond acceptors (Lipinski definition) is 5. The Morgan fingerprint density at radius 3 is 2.86 bits per heavy atom. The number of benzene rings is 1. The number of nitrogens with zero attached hydrogens (tertiary/aromatic N) is 3. The number of rotatable bonds is 6. The molecule has 0 atom stereocenters. The van der Waals surface area contributed by atoms with E-state index in [1.807, 2.05) is 30.3 Å². The number of aromatic amines is 1. The van der Waals surface area contributed by atoms with Gasteiger partial charge in [-0.05, 0) is 25.1 Å². The van der Waals surface area contributed by atoms with Crippen LogP contribution in [0.15, 0.2) is 56.5 Å². The van der Waals surface area contributed by atoms with Crippen molar-refractivity contribution in [2.45, 2.75) is 19.9 Å². The molecule has 0 aliphatic carbocycles. The number of nitrogens with one attached hydrogen (secondary N) is 3. The Bertz CT molecular complexity index is 1080. The quantitative estimate of drug-likeness (QED) is 0.352. The van der Waals surface area contributed by atoms with E-state index in [0.717, 1.165) is 28.1 Å². The fraction of sp³-hybridized carbons (Fsp3) is 0.250. The van der Waals surface area contributed by atoms with E-state index in [1.54, 1.807) is 13.3 Å². The molecule has 0 spiro atoms. The lowest BCUT2D eigenvalue weighted by molar-refractivity contribution is 0.534. The third kappa shape index (κ3) is 3.75. The molecule has 0 saturated carbocycles. The number of aromatic nitrogens is 3. The van der Waals surface area contributed by atoms with E-state index in [0.29, 0.717) is 37.1 Å². The highest BCUT2D eigenvalue weighted by Gasteiger charge is 2.11. The predicted octanol–water partition coefficient (Wildman–Crippen LogP) is 3.03. The zero-order chi connectivity index (χ0) is 19.3. The normalized spacial score (nSPS) is 11.9. The van der Waals surface area contributed by atoms with Crippen molar-refractivity contribution in [1.29, 1.82) is 0 Å². The van der Waals surface area contributed by atoms with Crippen LogP contribution in [-0.2, 0) is 13.0 Å². The summed E-state index contributed by atoms with van der Waals surface area (Å²) >= 11 is 0. The number of aryl methyl sites for hydroxylation is 1. The second-order valence-electron chi connectivity index (χ2n) is 6.33. The summed E-state index contributed by atoms with van der Waals surface area (Å²) in [6.45, 7) is 3.29. The molecule has 0 fully saturated rings. The average molecular weight is 378 g/mol. The highest BCUT2D eigenvalue weighted by atomic mass is 16.3. The molecular formula is C20H22N6O2. The molecule has 144 valence electrons. The van der Waals surface area contributed by atoms with Gasteiger partial charge < -0.3 is 19.5 Å². The highest BCUT2D eigenvalue weighted by Crippen LogP contribution is 2.24. The molecule has 3 heterocycles. The molecule has 0 unspecified atom stereocenters. The van der Waals surface area contributed by atoms with E-state index < -0.39 is 0 Å². The third-order valence-corrected chi connectivity index (χ3v) is 4.51. The molecule has 0 saturated heterocycles. The molecule has 0 amide bonds. The Morgan fingerprint density at radius 2 is 2.07 bits per heavy atom. The van der Waals surface area contributed by atoms with Gasteiger partial charge in [0, 0.05) is 31.0 Å². The topological polar surface area (TPSA) is 104 Å². The van der Waals surface area contributed by atoms with E-state index in [4.69, 9.17) is 8.83 Å². The zero-order valence-electron chi connectivity index (χ0n) is 15.8. The maximum atomic E-state index is 5.93. The summed E-state index contributed by atoms with van der Waals surface area (Å²) in [7, 11) is 1.74. The lowest BCUT2D eigenvalue weighted by Gasteiger charge is -2.10. The SMILES string of the molecule is CN=C(NCCc1nc(-c2ccco2)n[nH]1)NCc1oc2ccccc2c1C. The standard InChI is InChI=1S/C20H22N6O2/c1-13-14-6-3-4-7-15(14)28-17(13)12-23-20(21-2)22-10-9-18-24-19(26-25-18)16-8-5-11-27-16/h3-8,11H,9-10,12H2,1-2H3,(H2,21,22,23)(H,24,25,26). The summed E-state index contributed by atoms with van der Waals surface area (Å²) in [5, 5.41) is 14.8. The van der Waals surface area contributed by atoms with Gasteiger partial charge in [-0.2, -0.15) is 5.10 Å². The lowest BCUT2D eigenvalue weighted by atomic mass is 10.1. The minimum Gasteiger partial charge on any atom is -0.461 e. The largest absolute Gasteiger partial charge is 0.461 e. The van der Waals surface area contributed by atoms with Gasteiger partial charge in [-0.15, -0.1) is 0 Å². The van der Waals surface area contributed by atoms with Gasteiger partial charge in [0.05, 0.1) is 12.8 Å². The van der Waals surface area contributed by atoms with Gasteiger partial charge in [-0.3, -0.25) is 10.1 Å². The number of para-hydroxylation sites is 1. The van der Waals surface area contributed by atoms with Gasteiger partial charge in [0.1, 0.15) is 17.2 Å². The number of H-pyrrole nitrogens is 1. The summed E-state index contributed by atoms with van der Waals surface area (Å²) in [5.74, 6) is 3.59. The van der Waals surface area contributed by atoms with E-state index in [9.17, 15) is 0 Å². The van der Waals surface area contributed by atoms with E-state index in [2.05, 4.69) is 43.8 Å². The molecular weight excluding hydrogens is 356 g/mol. The van der Waals surface area contributed by atoms with Gasteiger partial charge in [0.15, 0.2) is 11.7 Å². The van der Waals surface area contributed by atoms with Crippen molar-refractivity contribution in [3.8, 4) is 11.6 Å². The van der Waals surface area contributed by atoms with Crippen LogP contribution in [0.5, 0.6) is 0 Å². The Kier molecular flexibility index (Phi) is 5.09. The second kappa shape index (κ2) is 7.99. The first-order valence-electron chi connectivity index (χ1n) is 9.11. The Balaban J connectivity index is 1.30. The first-order chi connectivity index (χ1) is 13.7. The molecule has 0 bridgehead atoms. The van der Waals surface area contributed by atoms with E-state index in [1.165, 1.54) is 0 Å². The zero-order valence-corrected chi connectivity index (χ0v) is 15.8. The van der Waals surface area contributed by atoms with Gasteiger partial charge >= 0.3 is 0 Å². The van der Waals surface area contributed by atoms with E-state index in [-0.39, 0.29) is 0 Å². The number of fused-ring (bicyclic) bond motifs is 1. The first-order valence-corrected chi connectivity index (χ1v) is 9.11. The molecule has 3 aromatic heterocycles. The van der Waals surface area contributed by atoms with Gasteiger partial charge in [-0.25, -0.2) is 4.98 Å². The van der Waals surface area contributed by atoms with Gasteiger partial charge in [0.25, 0.3) is 0 Å². The molecule has 28 heavy (non-hydrogen) atoms. The molecule has 3 N–H and O–H groups in total. The fourth-order valence-corrected chi connectivity index (χ4v) is 3.00. The van der Waals surface area contributed by atoms with Gasteiger partial charge in [0.2, 0.25) is 5.82 Å². The van der Waals surface area contributed by atoms with Crippen LogP contribution in [0.25, 0.3) is 22.6 Å². The summed E-state index contributed by atoms with van der Waals surface area (Å²) in [6.07, 6.45) is 2.28. The van der Waals surface area contributed by atoms with Crippen LogP contribution in [-0.4, -0.2) is 34.7 Å². The van der Waals surface area contributed by atoms with Crippen molar-refractivity contribution < 1.29 is 8.83 Å². The molecule has 0 aliphatic heterocycles. The van der Waals surface area contributed by atoms with Crippen molar-refractivity contribution in [2.24, 2.45) is 4.99 Å². The number of furan rings is 2. The third-order valence-electron chi connectivity index (χ3n) is 4.51. The smallest absolute Gasteiger partial charge is 0.216 e. The minimum absolute atomic E-state index is 0.558. The second-order valence-corrected chi connectivity index (χ2v) is 6.33. The van der Waals surface area contributed by atoms with Crippen molar-refractivity contribution in [3.63, 3.8) is 0 Å². The maximum absolute atomic E-state index is 5.93. The highest BCUT2D eigenvalue weighted by molar-refractivity contribution is 5.82. The first kappa shape index (κ1) is 17.8. The van der Waals surface area contributed by atoms with Crippen molar-refractivity contribution in [1.82, 2.24) is 25.8 Å². The average Bonchev–Trinajstić information content (AvgIpc) is 3.45. The maximum Gasteiger partial charge on any atom is 0.216 e. The predicted molar refractivity (Wildman–Crippen MR) is 107 cm³/mol. The Hall–Kier alpha value is -3.55. The van der Waals surface area contributed by atoms with Crippen molar-refractivity contribution >= 4 is 16.9 Å². The molecule has 8 heteroatoms. The van der Waals surface area contributed by atoms with Crippen LogP contribution in [0.2, 0.25) is 0 Å².